The van der Waals surface area contributed by atoms with E-state index in [0.29, 0.717) is 12.0 Å². The average molecular weight is 371 g/mol. The van der Waals surface area contributed by atoms with E-state index >= 15 is 0 Å². The van der Waals surface area contributed by atoms with E-state index in [4.69, 9.17) is 0 Å². The van der Waals surface area contributed by atoms with E-state index in [2.05, 4.69) is 10.6 Å². The molecule has 144 valence electrons. The van der Waals surface area contributed by atoms with E-state index in [1.807, 2.05) is 12.1 Å². The van der Waals surface area contributed by atoms with Crippen molar-refractivity contribution in [3.63, 3.8) is 0 Å². The zero-order valence-corrected chi connectivity index (χ0v) is 15.7. The van der Waals surface area contributed by atoms with Crippen LogP contribution in [0.25, 0.3) is 0 Å². The lowest BCUT2D eigenvalue weighted by molar-refractivity contribution is -0.132. The van der Waals surface area contributed by atoms with E-state index in [-0.39, 0.29) is 43.9 Å². The summed E-state index contributed by atoms with van der Waals surface area (Å²) in [6.07, 6.45) is 1.37. The van der Waals surface area contributed by atoms with Crippen LogP contribution in [0, 0.1) is 10.8 Å². The van der Waals surface area contributed by atoms with Crippen molar-refractivity contribution in [3.05, 3.63) is 35.4 Å². The van der Waals surface area contributed by atoms with Gasteiger partial charge in [0.1, 0.15) is 10.8 Å². The van der Waals surface area contributed by atoms with Gasteiger partial charge in [-0.25, -0.2) is 0 Å². The second-order valence-electron chi connectivity index (χ2n) is 8.70. The predicted molar refractivity (Wildman–Crippen MR) is 97.8 cm³/mol. The lowest BCUT2D eigenvalue weighted by atomic mass is 9.70. The third-order valence-electron chi connectivity index (χ3n) is 6.32. The van der Waals surface area contributed by atoms with E-state index < -0.39 is 16.4 Å². The van der Waals surface area contributed by atoms with Crippen LogP contribution in [-0.2, 0) is 16.0 Å². The number of nitrogens with zero attached hydrogens (tertiary/aromatic N) is 1. The lowest BCUT2D eigenvalue weighted by Crippen LogP contribution is -2.43. The number of benzene rings is 1. The molecule has 0 saturated carbocycles. The highest BCUT2D eigenvalue weighted by atomic mass is 16.3. The Morgan fingerprint density at radius 2 is 1.59 bits per heavy atom. The molecule has 2 atom stereocenters. The number of carbonyl (C=O) groups is 3. The molecule has 3 amide bonds. The molecular formula is C20H25N3O4. The zero-order valence-electron chi connectivity index (χ0n) is 15.7. The molecule has 1 aromatic carbocycles. The van der Waals surface area contributed by atoms with Crippen LogP contribution in [0.1, 0.15) is 36.2 Å². The lowest BCUT2D eigenvalue weighted by Gasteiger charge is -2.23. The first-order valence-corrected chi connectivity index (χ1v) is 9.34. The van der Waals surface area contributed by atoms with Crippen molar-refractivity contribution in [1.29, 1.82) is 0 Å². The molecule has 4 rings (SSSR count). The summed E-state index contributed by atoms with van der Waals surface area (Å²) < 4.78 is 0. The highest BCUT2D eigenvalue weighted by Gasteiger charge is 2.73. The van der Waals surface area contributed by atoms with Crippen LogP contribution >= 0.6 is 0 Å². The molecule has 3 heterocycles. The summed E-state index contributed by atoms with van der Waals surface area (Å²) in [6.45, 7) is 4.65. The average Bonchev–Trinajstić information content (AvgIpc) is 3.19. The van der Waals surface area contributed by atoms with Crippen molar-refractivity contribution in [2.24, 2.45) is 10.8 Å². The molecule has 7 nitrogen and oxygen atoms in total. The molecule has 1 aromatic rings. The molecule has 0 aromatic heterocycles. The number of hydrogen-bond acceptors (Lipinski definition) is 4. The van der Waals surface area contributed by atoms with Crippen molar-refractivity contribution >= 4 is 17.7 Å². The number of hydrogen-bond donors (Lipinski definition) is 3. The van der Waals surface area contributed by atoms with Crippen molar-refractivity contribution < 1.29 is 19.5 Å². The molecule has 3 fully saturated rings. The first kappa shape index (κ1) is 18.0. The van der Waals surface area contributed by atoms with Gasteiger partial charge in [-0.2, -0.15) is 0 Å². The van der Waals surface area contributed by atoms with Crippen LogP contribution in [0.3, 0.4) is 0 Å². The Morgan fingerprint density at radius 3 is 2.07 bits per heavy atom. The van der Waals surface area contributed by atoms with E-state index in [1.165, 1.54) is 0 Å². The van der Waals surface area contributed by atoms with Crippen molar-refractivity contribution in [3.8, 4) is 0 Å². The number of aliphatic hydroxyl groups is 1. The van der Waals surface area contributed by atoms with Crippen LogP contribution in [0.15, 0.2) is 24.3 Å². The Morgan fingerprint density at radius 1 is 1.07 bits per heavy atom. The van der Waals surface area contributed by atoms with Crippen LogP contribution < -0.4 is 10.6 Å². The van der Waals surface area contributed by atoms with Gasteiger partial charge in [0, 0.05) is 31.7 Å². The summed E-state index contributed by atoms with van der Waals surface area (Å²) in [7, 11) is 0. The Kier molecular flexibility index (Phi) is 3.86. The number of nitrogens with one attached hydrogen (secondary N) is 2. The monoisotopic (exact) mass is 371 g/mol. The van der Waals surface area contributed by atoms with Gasteiger partial charge in [0.15, 0.2) is 0 Å². The second kappa shape index (κ2) is 5.79. The number of likely N-dealkylation sites (tertiary alicyclic amines) is 1. The molecule has 3 aliphatic heterocycles. The summed E-state index contributed by atoms with van der Waals surface area (Å²) in [5.74, 6) is -0.434. The molecule has 2 unspecified atom stereocenters. The van der Waals surface area contributed by atoms with Crippen molar-refractivity contribution in [1.82, 2.24) is 15.5 Å². The standard InChI is InChI=1S/C20H25N3O4/c1-18(2,27)8-7-13-3-5-14(6-4-13)15(24)23-11-19-9-21-17(26)20(19,12-23)10-22-16(19)25/h3-6,27H,7-12H2,1-2H3,(H,21,26)(H,22,25). The fourth-order valence-electron chi connectivity index (χ4n) is 4.59. The van der Waals surface area contributed by atoms with Gasteiger partial charge in [0.25, 0.3) is 5.91 Å². The number of carbonyl (C=O) groups excluding carboxylic acids is 3. The van der Waals surface area contributed by atoms with E-state index in [1.54, 1.807) is 30.9 Å². The minimum Gasteiger partial charge on any atom is -0.390 e. The van der Waals surface area contributed by atoms with Gasteiger partial charge in [-0.1, -0.05) is 12.1 Å². The Balaban J connectivity index is 1.50. The Labute approximate surface area is 158 Å². The quantitative estimate of drug-likeness (QED) is 0.698. The molecule has 3 N–H and O–H groups in total. The van der Waals surface area contributed by atoms with Crippen LogP contribution in [0.5, 0.6) is 0 Å². The van der Waals surface area contributed by atoms with Crippen molar-refractivity contribution in [2.45, 2.75) is 32.3 Å². The van der Waals surface area contributed by atoms with E-state index in [0.717, 1.165) is 12.0 Å². The first-order chi connectivity index (χ1) is 12.7. The zero-order chi connectivity index (χ0) is 19.4. The summed E-state index contributed by atoms with van der Waals surface area (Å²) in [5.41, 5.74) is -0.800. The van der Waals surface area contributed by atoms with E-state index in [9.17, 15) is 19.5 Å². The maximum atomic E-state index is 13.0. The molecule has 3 aliphatic rings. The minimum absolute atomic E-state index is 0.141. The fraction of sp³-hybridized carbons (Fsp3) is 0.550. The van der Waals surface area contributed by atoms with Gasteiger partial charge >= 0.3 is 0 Å². The summed E-state index contributed by atoms with van der Waals surface area (Å²) >= 11 is 0. The highest BCUT2D eigenvalue weighted by Crippen LogP contribution is 2.53. The molecule has 0 aliphatic carbocycles. The smallest absolute Gasteiger partial charge is 0.253 e. The normalized spacial score (nSPS) is 29.4. The predicted octanol–water partition coefficient (Wildman–Crippen LogP) is 0.0783. The molecular weight excluding hydrogens is 346 g/mol. The third-order valence-corrected chi connectivity index (χ3v) is 6.32. The Bertz CT molecular complexity index is 782. The second-order valence-corrected chi connectivity index (χ2v) is 8.70. The SMILES string of the molecule is CC(C)(O)CCc1ccc(C(=O)N2CC34CNC(=O)C3(CNC4=O)C2)cc1. The van der Waals surface area contributed by atoms with Crippen molar-refractivity contribution in [2.75, 3.05) is 26.2 Å². The van der Waals surface area contributed by atoms with Crippen LogP contribution in [0.4, 0.5) is 0 Å². The molecule has 0 spiro atoms. The molecule has 27 heavy (non-hydrogen) atoms. The van der Waals surface area contributed by atoms with Gasteiger partial charge in [0.05, 0.1) is 5.60 Å². The maximum Gasteiger partial charge on any atom is 0.253 e. The summed E-state index contributed by atoms with van der Waals surface area (Å²) in [5, 5.41) is 15.5. The van der Waals surface area contributed by atoms with Gasteiger partial charge in [0.2, 0.25) is 11.8 Å². The topological polar surface area (TPSA) is 98.7 Å². The van der Waals surface area contributed by atoms with Gasteiger partial charge in [-0.15, -0.1) is 0 Å². The molecule has 3 saturated heterocycles. The van der Waals surface area contributed by atoms with Gasteiger partial charge in [-0.05, 0) is 44.4 Å². The molecule has 7 heteroatoms. The third kappa shape index (κ3) is 2.64. The Hall–Kier alpha value is -2.41. The van der Waals surface area contributed by atoms with Gasteiger partial charge < -0.3 is 20.6 Å². The number of aryl methyl sites for hydroxylation is 1. The van der Waals surface area contributed by atoms with Crippen LogP contribution in [0.2, 0.25) is 0 Å². The van der Waals surface area contributed by atoms with Gasteiger partial charge in [-0.3, -0.25) is 14.4 Å². The summed E-state index contributed by atoms with van der Waals surface area (Å²) in [6, 6.07) is 7.35. The first-order valence-electron chi connectivity index (χ1n) is 9.34. The largest absolute Gasteiger partial charge is 0.390 e. The summed E-state index contributed by atoms with van der Waals surface area (Å²) in [4.78, 5) is 39.5. The highest BCUT2D eigenvalue weighted by molar-refractivity contribution is 6.04. The fourth-order valence-corrected chi connectivity index (χ4v) is 4.59. The minimum atomic E-state index is -0.841. The number of amides is 3. The van der Waals surface area contributed by atoms with Crippen LogP contribution in [-0.4, -0.2) is 59.5 Å². The number of rotatable bonds is 4. The molecule has 0 radical (unpaired) electrons. The molecule has 0 bridgehead atoms. The maximum absolute atomic E-state index is 13.0.